The molecule has 0 aliphatic heterocycles. The highest BCUT2D eigenvalue weighted by atomic mass is 32.2. The third kappa shape index (κ3) is 4.58. The van der Waals surface area contributed by atoms with E-state index in [4.69, 9.17) is 13.7 Å². The molecule has 0 radical (unpaired) electrons. The Morgan fingerprint density at radius 3 is 2.21 bits per heavy atom. The Hall–Kier alpha value is -4.28. The number of ether oxygens (including phenoxy) is 2. The van der Waals surface area contributed by atoms with E-state index in [0.29, 0.717) is 28.2 Å². The molecule has 34 heavy (non-hydrogen) atoms. The van der Waals surface area contributed by atoms with Crippen molar-refractivity contribution in [2.24, 2.45) is 0 Å². The molecule has 0 aromatic heterocycles. The molecule has 4 aromatic carbocycles. The number of benzene rings is 4. The molecule has 0 N–H and O–H groups in total. The monoisotopic (exact) mass is 471 g/mol. The number of hydrogen-bond donors (Lipinski definition) is 0. The van der Waals surface area contributed by atoms with Gasteiger partial charge in [0.2, 0.25) is 0 Å². The topological polar surface area (TPSA) is 85.6 Å². The van der Waals surface area contributed by atoms with Crippen LogP contribution in [0.5, 0.6) is 17.2 Å². The van der Waals surface area contributed by atoms with Gasteiger partial charge in [-0.15, -0.1) is 0 Å². The number of nitrogens with zero attached hydrogens (tertiary/aromatic N) is 1. The summed E-state index contributed by atoms with van der Waals surface area (Å²) in [6.45, 7) is 0. The number of methoxy groups -OCH3 is 2. The third-order valence-electron chi connectivity index (χ3n) is 5.27. The number of hydrogen-bond acceptors (Lipinski definition) is 6. The quantitative estimate of drug-likeness (QED) is 0.196. The summed E-state index contributed by atoms with van der Waals surface area (Å²) in [5, 5.41) is 11.6. The summed E-state index contributed by atoms with van der Waals surface area (Å²) in [5.41, 5.74) is 1.37. The standard InChI is InChI=1S/C27H21NO5S/c1-31-26-15-13-20(17-27(26)32-2)21(18-28)16-24-23-11-7-6-8-19(23)12-14-25(24)33-34(29,30)22-9-4-3-5-10-22/h3-17H,1-2H3/b21-16+. The molecule has 7 heteroatoms. The molecule has 0 saturated heterocycles. The van der Waals surface area contributed by atoms with Gasteiger partial charge in [-0.2, -0.15) is 13.7 Å². The first-order chi connectivity index (χ1) is 16.5. The lowest BCUT2D eigenvalue weighted by Crippen LogP contribution is -2.10. The summed E-state index contributed by atoms with van der Waals surface area (Å²) in [7, 11) is -1.03. The van der Waals surface area contributed by atoms with E-state index in [1.807, 2.05) is 24.3 Å². The van der Waals surface area contributed by atoms with E-state index in [9.17, 15) is 13.7 Å². The average molecular weight is 472 g/mol. The van der Waals surface area contributed by atoms with Crippen molar-refractivity contribution in [3.63, 3.8) is 0 Å². The zero-order valence-electron chi connectivity index (χ0n) is 18.6. The summed E-state index contributed by atoms with van der Waals surface area (Å²) in [5.74, 6) is 1.13. The second-order valence-electron chi connectivity index (χ2n) is 7.29. The SMILES string of the molecule is COc1ccc(/C(C#N)=C/c2c(OS(=O)(=O)c3ccccc3)ccc3ccccc23)cc1OC. The van der Waals surface area contributed by atoms with Gasteiger partial charge in [0, 0.05) is 5.56 Å². The van der Waals surface area contributed by atoms with Crippen LogP contribution in [0.2, 0.25) is 0 Å². The maximum absolute atomic E-state index is 12.9. The van der Waals surface area contributed by atoms with Gasteiger partial charge in [-0.3, -0.25) is 0 Å². The molecule has 0 bridgehead atoms. The Morgan fingerprint density at radius 2 is 1.50 bits per heavy atom. The zero-order chi connectivity index (χ0) is 24.1. The first-order valence-electron chi connectivity index (χ1n) is 10.3. The molecule has 0 heterocycles. The minimum Gasteiger partial charge on any atom is -0.493 e. The van der Waals surface area contributed by atoms with Crippen LogP contribution < -0.4 is 13.7 Å². The lowest BCUT2D eigenvalue weighted by Gasteiger charge is -2.13. The second-order valence-corrected chi connectivity index (χ2v) is 8.83. The van der Waals surface area contributed by atoms with Crippen LogP contribution in [0, 0.1) is 11.3 Å². The van der Waals surface area contributed by atoms with E-state index in [1.165, 1.54) is 26.4 Å². The summed E-state index contributed by atoms with van der Waals surface area (Å²) < 4.78 is 42.1. The van der Waals surface area contributed by atoms with E-state index in [-0.39, 0.29) is 10.6 Å². The van der Waals surface area contributed by atoms with Gasteiger partial charge < -0.3 is 13.7 Å². The highest BCUT2D eigenvalue weighted by Crippen LogP contribution is 2.35. The minimum absolute atomic E-state index is 0.0403. The second kappa shape index (κ2) is 9.69. The van der Waals surface area contributed by atoms with Crippen molar-refractivity contribution in [3.8, 4) is 23.3 Å². The lowest BCUT2D eigenvalue weighted by atomic mass is 9.98. The molecular weight excluding hydrogens is 450 g/mol. The van der Waals surface area contributed by atoms with Crippen LogP contribution in [0.4, 0.5) is 0 Å². The Labute approximate surface area is 198 Å². The number of rotatable bonds is 7. The molecule has 0 atom stereocenters. The largest absolute Gasteiger partial charge is 0.493 e. The molecule has 4 aromatic rings. The van der Waals surface area contributed by atoms with Gasteiger partial charge in [0.05, 0.1) is 25.9 Å². The molecule has 0 unspecified atom stereocenters. The minimum atomic E-state index is -4.08. The van der Waals surface area contributed by atoms with Crippen molar-refractivity contribution in [2.75, 3.05) is 14.2 Å². The molecule has 6 nitrogen and oxygen atoms in total. The number of nitriles is 1. The highest BCUT2D eigenvalue weighted by molar-refractivity contribution is 7.87. The molecule has 0 saturated carbocycles. The number of fused-ring (bicyclic) bond motifs is 1. The summed E-state index contributed by atoms with van der Waals surface area (Å²) in [6, 6.07) is 26.1. The fraction of sp³-hybridized carbons (Fsp3) is 0.0741. The molecule has 170 valence electrons. The third-order valence-corrected chi connectivity index (χ3v) is 6.51. The maximum Gasteiger partial charge on any atom is 0.339 e. The smallest absolute Gasteiger partial charge is 0.339 e. The van der Waals surface area contributed by atoms with Crippen molar-refractivity contribution in [1.82, 2.24) is 0 Å². The van der Waals surface area contributed by atoms with Gasteiger partial charge in [-0.05, 0) is 58.8 Å². The Morgan fingerprint density at radius 1 is 0.824 bits per heavy atom. The summed E-state index contributed by atoms with van der Waals surface area (Å²) in [4.78, 5) is 0.0403. The van der Waals surface area contributed by atoms with Gasteiger partial charge in [0.25, 0.3) is 0 Å². The lowest BCUT2D eigenvalue weighted by molar-refractivity contribution is 0.355. The van der Waals surface area contributed by atoms with Crippen molar-refractivity contribution in [1.29, 1.82) is 5.26 Å². The highest BCUT2D eigenvalue weighted by Gasteiger charge is 2.19. The summed E-state index contributed by atoms with van der Waals surface area (Å²) >= 11 is 0. The van der Waals surface area contributed by atoms with Gasteiger partial charge in [-0.25, -0.2) is 0 Å². The van der Waals surface area contributed by atoms with Gasteiger partial charge in [0.15, 0.2) is 17.2 Å². The molecule has 0 aliphatic rings. The van der Waals surface area contributed by atoms with Crippen LogP contribution in [-0.4, -0.2) is 22.6 Å². The van der Waals surface area contributed by atoms with Crippen molar-refractivity contribution < 1.29 is 22.1 Å². The summed E-state index contributed by atoms with van der Waals surface area (Å²) in [6.07, 6.45) is 1.62. The molecular formula is C27H21NO5S. The van der Waals surface area contributed by atoms with Crippen LogP contribution in [0.25, 0.3) is 22.4 Å². The average Bonchev–Trinajstić information content (AvgIpc) is 2.88. The molecule has 0 aliphatic carbocycles. The fourth-order valence-electron chi connectivity index (χ4n) is 3.58. The van der Waals surface area contributed by atoms with Crippen molar-refractivity contribution in [3.05, 3.63) is 96.1 Å². The molecule has 0 fully saturated rings. The van der Waals surface area contributed by atoms with E-state index >= 15 is 0 Å². The maximum atomic E-state index is 12.9. The van der Waals surface area contributed by atoms with Crippen LogP contribution in [0.1, 0.15) is 11.1 Å². The van der Waals surface area contributed by atoms with Gasteiger partial charge in [-0.1, -0.05) is 48.5 Å². The number of allylic oxidation sites excluding steroid dienone is 1. The Kier molecular flexibility index (Phi) is 6.53. The molecule has 4 rings (SSSR count). The van der Waals surface area contributed by atoms with Crippen molar-refractivity contribution >= 4 is 32.5 Å². The van der Waals surface area contributed by atoms with Crippen LogP contribution in [0.3, 0.4) is 0 Å². The predicted molar refractivity (Wildman–Crippen MR) is 131 cm³/mol. The van der Waals surface area contributed by atoms with E-state index in [1.54, 1.807) is 54.6 Å². The van der Waals surface area contributed by atoms with Crippen LogP contribution in [0.15, 0.2) is 89.8 Å². The Bertz CT molecular complexity index is 1520. The molecule has 0 amide bonds. The van der Waals surface area contributed by atoms with E-state index < -0.39 is 10.1 Å². The first-order valence-corrected chi connectivity index (χ1v) is 11.7. The van der Waals surface area contributed by atoms with Crippen molar-refractivity contribution in [2.45, 2.75) is 4.90 Å². The van der Waals surface area contributed by atoms with E-state index in [2.05, 4.69) is 6.07 Å². The van der Waals surface area contributed by atoms with E-state index in [0.717, 1.165) is 10.8 Å². The first kappa shape index (κ1) is 22.9. The normalized spacial score (nSPS) is 11.6. The Balaban J connectivity index is 1.88. The fourth-order valence-corrected chi connectivity index (χ4v) is 4.55. The molecule has 0 spiro atoms. The van der Waals surface area contributed by atoms with Gasteiger partial charge in [0.1, 0.15) is 4.90 Å². The zero-order valence-corrected chi connectivity index (χ0v) is 19.4. The van der Waals surface area contributed by atoms with Gasteiger partial charge >= 0.3 is 10.1 Å². The predicted octanol–water partition coefficient (Wildman–Crippen LogP) is 5.69. The van der Waals surface area contributed by atoms with Crippen LogP contribution >= 0.6 is 0 Å². The van der Waals surface area contributed by atoms with Crippen LogP contribution in [-0.2, 0) is 10.1 Å².